The Hall–Kier alpha value is -1.31. The van der Waals surface area contributed by atoms with E-state index in [1.165, 1.54) is 0 Å². The molecule has 1 saturated heterocycles. The monoisotopic (exact) mass is 264 g/mol. The molecular weight excluding hydrogens is 257 g/mol. The molecule has 1 atom stereocenters. The van der Waals surface area contributed by atoms with Crippen LogP contribution in [-0.4, -0.2) is 27.8 Å². The van der Waals surface area contributed by atoms with Gasteiger partial charge in [0, 0.05) is 12.6 Å². The number of halogens is 3. The SMILES string of the molecule is O=C1OCC[C@@H]1Sc1nccc(C(F)(F)F)n1. The van der Waals surface area contributed by atoms with Crippen LogP contribution in [0, 0.1) is 0 Å². The van der Waals surface area contributed by atoms with Gasteiger partial charge < -0.3 is 4.74 Å². The Labute approximate surface area is 98.6 Å². The Balaban J connectivity index is 2.14. The highest BCUT2D eigenvalue weighted by molar-refractivity contribution is 8.00. The van der Waals surface area contributed by atoms with Gasteiger partial charge in [0.05, 0.1) is 6.61 Å². The van der Waals surface area contributed by atoms with Crippen LogP contribution in [0.5, 0.6) is 0 Å². The van der Waals surface area contributed by atoms with Crippen molar-refractivity contribution in [1.82, 2.24) is 9.97 Å². The van der Waals surface area contributed by atoms with E-state index < -0.39 is 23.1 Å². The summed E-state index contributed by atoms with van der Waals surface area (Å²) in [6, 6.07) is 0.789. The van der Waals surface area contributed by atoms with E-state index in [-0.39, 0.29) is 11.8 Å². The van der Waals surface area contributed by atoms with Gasteiger partial charge in [0.15, 0.2) is 5.16 Å². The van der Waals surface area contributed by atoms with Gasteiger partial charge in [-0.3, -0.25) is 4.79 Å². The molecule has 0 aromatic carbocycles. The average molecular weight is 264 g/mol. The quantitative estimate of drug-likeness (QED) is 0.603. The Kier molecular flexibility index (Phi) is 3.23. The first-order chi connectivity index (χ1) is 7.97. The summed E-state index contributed by atoms with van der Waals surface area (Å²) >= 11 is 0.893. The van der Waals surface area contributed by atoms with E-state index in [2.05, 4.69) is 9.97 Å². The minimum absolute atomic E-state index is 0.0660. The lowest BCUT2D eigenvalue weighted by atomic mass is 10.4. The van der Waals surface area contributed by atoms with Gasteiger partial charge in [-0.25, -0.2) is 9.97 Å². The van der Waals surface area contributed by atoms with Crippen molar-refractivity contribution < 1.29 is 22.7 Å². The highest BCUT2D eigenvalue weighted by Crippen LogP contribution is 2.31. The maximum Gasteiger partial charge on any atom is 0.433 e. The zero-order valence-corrected chi connectivity index (χ0v) is 9.22. The van der Waals surface area contributed by atoms with Gasteiger partial charge >= 0.3 is 12.1 Å². The summed E-state index contributed by atoms with van der Waals surface area (Å²) in [6.45, 7) is 0.287. The highest BCUT2D eigenvalue weighted by atomic mass is 32.2. The lowest BCUT2D eigenvalue weighted by Crippen LogP contribution is -2.12. The van der Waals surface area contributed by atoms with E-state index >= 15 is 0 Å². The van der Waals surface area contributed by atoms with Crippen molar-refractivity contribution in [3.63, 3.8) is 0 Å². The van der Waals surface area contributed by atoms with Gasteiger partial charge in [-0.05, 0) is 6.07 Å². The number of nitrogens with zero attached hydrogens (tertiary/aromatic N) is 2. The van der Waals surface area contributed by atoms with Gasteiger partial charge in [0.2, 0.25) is 0 Å². The molecule has 0 spiro atoms. The number of carbonyl (C=O) groups excluding carboxylic acids is 1. The maximum atomic E-state index is 12.4. The second-order valence-corrected chi connectivity index (χ2v) is 4.45. The molecule has 4 nitrogen and oxygen atoms in total. The van der Waals surface area contributed by atoms with Crippen molar-refractivity contribution in [3.8, 4) is 0 Å². The number of hydrogen-bond donors (Lipinski definition) is 0. The van der Waals surface area contributed by atoms with Gasteiger partial charge in [0.1, 0.15) is 10.9 Å². The highest BCUT2D eigenvalue weighted by Gasteiger charge is 2.34. The third kappa shape index (κ3) is 2.87. The standard InChI is InChI=1S/C9H7F3N2O2S/c10-9(11,12)6-1-3-13-8(14-6)17-5-2-4-16-7(5)15/h1,3,5H,2,4H2/t5-/m0/s1. The number of carbonyl (C=O) groups is 1. The Bertz CT molecular complexity index is 438. The minimum Gasteiger partial charge on any atom is -0.465 e. The van der Waals surface area contributed by atoms with Crippen molar-refractivity contribution in [2.24, 2.45) is 0 Å². The van der Waals surface area contributed by atoms with Crippen molar-refractivity contribution in [1.29, 1.82) is 0 Å². The molecule has 0 saturated carbocycles. The number of alkyl halides is 3. The number of cyclic esters (lactones) is 1. The maximum absolute atomic E-state index is 12.4. The van der Waals surface area contributed by atoms with Crippen LogP contribution < -0.4 is 0 Å². The fraction of sp³-hybridized carbons (Fsp3) is 0.444. The van der Waals surface area contributed by atoms with Gasteiger partial charge in [-0.2, -0.15) is 13.2 Å². The van der Waals surface area contributed by atoms with Crippen molar-refractivity contribution >= 4 is 17.7 Å². The number of esters is 1. The number of thioether (sulfide) groups is 1. The molecule has 92 valence electrons. The Morgan fingerprint density at radius 1 is 1.47 bits per heavy atom. The minimum atomic E-state index is -4.51. The van der Waals surface area contributed by atoms with Crippen molar-refractivity contribution in [2.75, 3.05) is 6.61 Å². The second-order valence-electron chi connectivity index (χ2n) is 3.28. The van der Waals surface area contributed by atoms with Crippen LogP contribution in [0.2, 0.25) is 0 Å². The zero-order valence-electron chi connectivity index (χ0n) is 8.40. The molecule has 0 N–H and O–H groups in total. The molecule has 0 bridgehead atoms. The second kappa shape index (κ2) is 4.52. The van der Waals surface area contributed by atoms with E-state index in [1.807, 2.05) is 0 Å². The molecule has 1 aliphatic heterocycles. The van der Waals surface area contributed by atoms with E-state index in [0.29, 0.717) is 6.42 Å². The lowest BCUT2D eigenvalue weighted by molar-refractivity contribution is -0.141. The number of hydrogen-bond acceptors (Lipinski definition) is 5. The summed E-state index contributed by atoms with van der Waals surface area (Å²) in [5, 5.41) is -0.581. The normalized spacial score (nSPS) is 20.4. The topological polar surface area (TPSA) is 52.1 Å². The molecular formula is C9H7F3N2O2S. The van der Waals surface area contributed by atoms with E-state index in [9.17, 15) is 18.0 Å². The molecule has 17 heavy (non-hydrogen) atoms. The smallest absolute Gasteiger partial charge is 0.433 e. The van der Waals surface area contributed by atoms with Gasteiger partial charge in [-0.15, -0.1) is 0 Å². The summed E-state index contributed by atoms with van der Waals surface area (Å²) in [6.07, 6.45) is -3.02. The predicted octanol–water partition coefficient (Wildman–Crippen LogP) is 1.90. The molecule has 1 aromatic heterocycles. The molecule has 0 aliphatic carbocycles. The number of ether oxygens (including phenoxy) is 1. The summed E-state index contributed by atoms with van der Waals surface area (Å²) in [4.78, 5) is 18.2. The summed E-state index contributed by atoms with van der Waals surface area (Å²) in [5.74, 6) is -0.434. The van der Waals surface area contributed by atoms with E-state index in [1.54, 1.807) is 0 Å². The molecule has 1 aromatic rings. The van der Waals surface area contributed by atoms with Crippen LogP contribution in [0.15, 0.2) is 17.4 Å². The van der Waals surface area contributed by atoms with E-state index in [4.69, 9.17) is 4.74 Å². The van der Waals surface area contributed by atoms with E-state index in [0.717, 1.165) is 24.0 Å². The molecule has 0 unspecified atom stereocenters. The molecule has 8 heteroatoms. The Morgan fingerprint density at radius 3 is 2.82 bits per heavy atom. The lowest BCUT2D eigenvalue weighted by Gasteiger charge is -2.07. The fourth-order valence-electron chi connectivity index (χ4n) is 1.27. The molecule has 1 fully saturated rings. The number of rotatable bonds is 2. The number of aromatic nitrogens is 2. The first kappa shape index (κ1) is 12.2. The average Bonchev–Trinajstić information content (AvgIpc) is 2.64. The largest absolute Gasteiger partial charge is 0.465 e. The first-order valence-corrected chi connectivity index (χ1v) is 5.58. The third-order valence-corrected chi connectivity index (χ3v) is 3.18. The first-order valence-electron chi connectivity index (χ1n) is 4.70. The molecule has 0 radical (unpaired) electrons. The molecule has 2 heterocycles. The summed E-state index contributed by atoms with van der Waals surface area (Å²) in [7, 11) is 0. The predicted molar refractivity (Wildman–Crippen MR) is 52.3 cm³/mol. The van der Waals surface area contributed by atoms with Crippen molar-refractivity contribution in [2.45, 2.75) is 23.0 Å². The van der Waals surface area contributed by atoms with Gasteiger partial charge in [0.25, 0.3) is 0 Å². The van der Waals surface area contributed by atoms with Crippen LogP contribution in [0.1, 0.15) is 12.1 Å². The summed E-state index contributed by atoms with van der Waals surface area (Å²) in [5.41, 5.74) is -1.01. The third-order valence-electron chi connectivity index (χ3n) is 2.06. The van der Waals surface area contributed by atoms with Crippen LogP contribution in [0.25, 0.3) is 0 Å². The fourth-order valence-corrected chi connectivity index (χ4v) is 2.17. The van der Waals surface area contributed by atoms with Gasteiger partial charge in [-0.1, -0.05) is 11.8 Å². The van der Waals surface area contributed by atoms with Crippen LogP contribution in [-0.2, 0) is 15.7 Å². The van der Waals surface area contributed by atoms with Crippen molar-refractivity contribution in [3.05, 3.63) is 18.0 Å². The summed E-state index contributed by atoms with van der Waals surface area (Å²) < 4.78 is 41.8. The molecule has 2 rings (SSSR count). The zero-order chi connectivity index (χ0) is 12.5. The Morgan fingerprint density at radius 2 is 2.24 bits per heavy atom. The molecule has 1 aliphatic rings. The van der Waals surface area contributed by atoms with Crippen LogP contribution in [0.3, 0.4) is 0 Å². The molecule has 0 amide bonds. The van der Waals surface area contributed by atoms with Crippen LogP contribution in [0.4, 0.5) is 13.2 Å². The van der Waals surface area contributed by atoms with Crippen LogP contribution >= 0.6 is 11.8 Å².